The van der Waals surface area contributed by atoms with E-state index < -0.39 is 24.3 Å². The van der Waals surface area contributed by atoms with Gasteiger partial charge in [0.25, 0.3) is 0 Å². The number of nitrogens with zero attached hydrogens (tertiary/aromatic N) is 1. The lowest BCUT2D eigenvalue weighted by atomic mass is 10.1. The molecule has 0 fully saturated rings. The van der Waals surface area contributed by atoms with Crippen molar-refractivity contribution in [2.24, 2.45) is 0 Å². The Morgan fingerprint density at radius 1 is 1.43 bits per heavy atom. The highest BCUT2D eigenvalue weighted by atomic mass is 16.5. The van der Waals surface area contributed by atoms with Gasteiger partial charge in [0, 0.05) is 0 Å². The topological polar surface area (TPSA) is 125 Å². The number of imidazole rings is 1. The molecule has 0 aliphatic carbocycles. The first-order valence-electron chi connectivity index (χ1n) is 7.03. The zero-order valence-electron chi connectivity index (χ0n) is 12.0. The first-order chi connectivity index (χ1) is 11.1. The van der Waals surface area contributed by atoms with Crippen LogP contribution in [0.3, 0.4) is 0 Å². The number of aromatic amines is 1. The quantitative estimate of drug-likeness (QED) is 0.629. The Kier molecular flexibility index (Phi) is 4.28. The Labute approximate surface area is 131 Å². The Hall–Kier alpha value is -2.42. The molecular formula is C15H16N2O6. The summed E-state index contributed by atoms with van der Waals surface area (Å²) in [4.78, 5) is 18.2. The third-order valence-corrected chi connectivity index (χ3v) is 3.61. The summed E-state index contributed by atoms with van der Waals surface area (Å²) in [5.41, 5.74) is 1.40. The molecule has 0 saturated heterocycles. The Balaban J connectivity index is 1.71. The highest BCUT2D eigenvalue weighted by Crippen LogP contribution is 2.18. The molecule has 4 N–H and O–H groups in total. The fourth-order valence-corrected chi connectivity index (χ4v) is 2.37. The van der Waals surface area contributed by atoms with Crippen molar-refractivity contribution in [1.29, 1.82) is 0 Å². The molecule has 122 valence electrons. The van der Waals surface area contributed by atoms with Gasteiger partial charge in [-0.1, -0.05) is 0 Å². The minimum atomic E-state index is -1.01. The summed E-state index contributed by atoms with van der Waals surface area (Å²) in [6, 6.07) is 4.59. The molecule has 3 rings (SSSR count). The van der Waals surface area contributed by atoms with E-state index in [1.807, 2.05) is 0 Å². The van der Waals surface area contributed by atoms with Gasteiger partial charge in [-0.2, -0.15) is 0 Å². The highest BCUT2D eigenvalue weighted by Gasteiger charge is 2.30. The molecule has 0 unspecified atom stereocenters. The van der Waals surface area contributed by atoms with E-state index in [4.69, 9.17) is 19.7 Å². The molecule has 0 bridgehead atoms. The number of carboxylic acids is 1. The van der Waals surface area contributed by atoms with Crippen LogP contribution < -0.4 is 0 Å². The SMILES string of the molecule is O=C(O)c1ccc2nc(CO[C@@H]3C=CO[C@H](CO)[C@@H]3O)[nH]c2c1. The maximum atomic E-state index is 11.0. The molecule has 23 heavy (non-hydrogen) atoms. The molecule has 8 heteroatoms. The smallest absolute Gasteiger partial charge is 0.335 e. The van der Waals surface area contributed by atoms with Gasteiger partial charge in [-0.25, -0.2) is 9.78 Å². The van der Waals surface area contributed by atoms with Crippen molar-refractivity contribution < 1.29 is 29.6 Å². The second-order valence-corrected chi connectivity index (χ2v) is 5.17. The Morgan fingerprint density at radius 2 is 2.26 bits per heavy atom. The summed E-state index contributed by atoms with van der Waals surface area (Å²) >= 11 is 0. The van der Waals surface area contributed by atoms with E-state index in [9.17, 15) is 9.90 Å². The van der Waals surface area contributed by atoms with Gasteiger partial charge in [0.2, 0.25) is 0 Å². The number of hydrogen-bond acceptors (Lipinski definition) is 6. The molecule has 8 nitrogen and oxygen atoms in total. The van der Waals surface area contributed by atoms with Gasteiger partial charge in [0.15, 0.2) is 0 Å². The molecule has 3 atom stereocenters. The minimum absolute atomic E-state index is 0.0985. The van der Waals surface area contributed by atoms with Crippen LogP contribution in [0.4, 0.5) is 0 Å². The number of aliphatic hydroxyl groups is 2. The molecule has 0 saturated carbocycles. The zero-order chi connectivity index (χ0) is 16.4. The van der Waals surface area contributed by atoms with E-state index in [1.165, 1.54) is 18.4 Å². The van der Waals surface area contributed by atoms with Crippen LogP contribution in [0.1, 0.15) is 16.2 Å². The maximum absolute atomic E-state index is 11.0. The zero-order valence-corrected chi connectivity index (χ0v) is 12.0. The van der Waals surface area contributed by atoms with Crippen molar-refractivity contribution in [3.63, 3.8) is 0 Å². The van der Waals surface area contributed by atoms with Crippen LogP contribution in [-0.4, -0.2) is 56.2 Å². The summed E-state index contributed by atoms with van der Waals surface area (Å²) in [5, 5.41) is 28.1. The van der Waals surface area contributed by atoms with Gasteiger partial charge >= 0.3 is 5.97 Å². The third kappa shape index (κ3) is 3.19. The fraction of sp³-hybridized carbons (Fsp3) is 0.333. The molecule has 0 amide bonds. The van der Waals surface area contributed by atoms with E-state index >= 15 is 0 Å². The van der Waals surface area contributed by atoms with Crippen LogP contribution >= 0.6 is 0 Å². The summed E-state index contributed by atoms with van der Waals surface area (Å²) in [6.45, 7) is -0.213. The number of carboxylic acid groups (broad SMARTS) is 1. The number of H-pyrrole nitrogens is 1. The number of benzene rings is 1. The second-order valence-electron chi connectivity index (χ2n) is 5.17. The molecule has 1 aliphatic rings. The van der Waals surface area contributed by atoms with Crippen molar-refractivity contribution in [2.75, 3.05) is 6.61 Å². The van der Waals surface area contributed by atoms with E-state index in [1.54, 1.807) is 12.1 Å². The third-order valence-electron chi connectivity index (χ3n) is 3.61. The van der Waals surface area contributed by atoms with Crippen molar-refractivity contribution >= 4 is 17.0 Å². The van der Waals surface area contributed by atoms with E-state index in [2.05, 4.69) is 9.97 Å². The number of aromatic carboxylic acids is 1. The van der Waals surface area contributed by atoms with E-state index in [0.717, 1.165) is 0 Å². The fourth-order valence-electron chi connectivity index (χ4n) is 2.37. The number of rotatable bonds is 5. The van der Waals surface area contributed by atoms with Crippen LogP contribution in [0.2, 0.25) is 0 Å². The lowest BCUT2D eigenvalue weighted by Gasteiger charge is -2.29. The average Bonchev–Trinajstić information content (AvgIpc) is 2.95. The molecule has 1 aromatic heterocycles. The number of aliphatic hydroxyl groups excluding tert-OH is 2. The normalized spacial score (nSPS) is 23.8. The minimum Gasteiger partial charge on any atom is -0.493 e. The molecule has 1 aromatic carbocycles. The first kappa shape index (κ1) is 15.5. The van der Waals surface area contributed by atoms with Crippen molar-refractivity contribution in [3.8, 4) is 0 Å². The molecule has 0 spiro atoms. The summed E-state index contributed by atoms with van der Waals surface area (Å²) < 4.78 is 10.6. The number of aromatic nitrogens is 2. The number of carbonyl (C=O) groups is 1. The molecular weight excluding hydrogens is 304 g/mol. The van der Waals surface area contributed by atoms with Crippen LogP contribution in [0.15, 0.2) is 30.5 Å². The van der Waals surface area contributed by atoms with Crippen molar-refractivity contribution in [1.82, 2.24) is 9.97 Å². The van der Waals surface area contributed by atoms with Crippen LogP contribution in [-0.2, 0) is 16.1 Å². The number of ether oxygens (including phenoxy) is 2. The number of fused-ring (bicyclic) bond motifs is 1. The van der Waals surface area contributed by atoms with Gasteiger partial charge < -0.3 is 29.8 Å². The Morgan fingerprint density at radius 3 is 3.00 bits per heavy atom. The van der Waals surface area contributed by atoms with Gasteiger partial charge in [-0.05, 0) is 24.3 Å². The molecule has 1 aliphatic heterocycles. The standard InChI is InChI=1S/C15H16N2O6/c18-6-12-14(19)11(3-4-22-12)23-7-13-16-9-2-1-8(15(20)21)5-10(9)17-13/h1-5,11-12,14,18-19H,6-7H2,(H,16,17)(H,20,21)/t11-,12-,14-/m1/s1. The van der Waals surface area contributed by atoms with Crippen LogP contribution in [0, 0.1) is 0 Å². The van der Waals surface area contributed by atoms with Crippen LogP contribution in [0.25, 0.3) is 11.0 Å². The predicted octanol–water partition coefficient (Wildman–Crippen LogP) is 0.412. The van der Waals surface area contributed by atoms with E-state index in [0.29, 0.717) is 16.9 Å². The lowest BCUT2D eigenvalue weighted by molar-refractivity contribution is -0.107. The van der Waals surface area contributed by atoms with Crippen molar-refractivity contribution in [2.45, 2.75) is 24.9 Å². The van der Waals surface area contributed by atoms with Crippen molar-refractivity contribution in [3.05, 3.63) is 41.9 Å². The molecule has 0 radical (unpaired) electrons. The first-order valence-corrected chi connectivity index (χ1v) is 7.03. The lowest BCUT2D eigenvalue weighted by Crippen LogP contribution is -2.43. The molecule has 2 aromatic rings. The van der Waals surface area contributed by atoms with E-state index in [-0.39, 0.29) is 18.8 Å². The average molecular weight is 320 g/mol. The van der Waals surface area contributed by atoms with Gasteiger partial charge in [0.05, 0.1) is 29.5 Å². The number of nitrogens with one attached hydrogen (secondary N) is 1. The van der Waals surface area contributed by atoms with Gasteiger partial charge in [0.1, 0.15) is 30.7 Å². The largest absolute Gasteiger partial charge is 0.493 e. The summed E-state index contributed by atoms with van der Waals surface area (Å²) in [7, 11) is 0. The highest BCUT2D eigenvalue weighted by molar-refractivity contribution is 5.92. The predicted molar refractivity (Wildman–Crippen MR) is 78.7 cm³/mol. The molecule has 2 heterocycles. The van der Waals surface area contributed by atoms with Gasteiger partial charge in [-0.15, -0.1) is 0 Å². The van der Waals surface area contributed by atoms with Crippen LogP contribution in [0.5, 0.6) is 0 Å². The second kappa shape index (κ2) is 6.37. The summed E-state index contributed by atoms with van der Waals surface area (Å²) in [5.74, 6) is -0.500. The Bertz CT molecular complexity index is 741. The monoisotopic (exact) mass is 320 g/mol. The number of hydrogen-bond donors (Lipinski definition) is 4. The van der Waals surface area contributed by atoms with Gasteiger partial charge in [-0.3, -0.25) is 0 Å². The summed E-state index contributed by atoms with van der Waals surface area (Å²) in [6.07, 6.45) is 0.619. The maximum Gasteiger partial charge on any atom is 0.335 e.